The third-order valence-corrected chi connectivity index (χ3v) is 5.69. The highest BCUT2D eigenvalue weighted by molar-refractivity contribution is 6.07. The Balaban J connectivity index is 1.71. The van der Waals surface area contributed by atoms with Gasteiger partial charge in [0.2, 0.25) is 0 Å². The Bertz CT molecular complexity index is 421. The zero-order chi connectivity index (χ0) is 15.0. The highest BCUT2D eigenvalue weighted by Crippen LogP contribution is 2.42. The maximum absolute atomic E-state index is 12.9. The standard InChI is InChI=1S/C16H26N2O3/c1-11-5-3-6-12(2)16(11)14(19)18(15(20)17-16)9-8-13-7-4-10-21-13/h11-13H,3-10H2,1-2H3,(H,17,20). The molecule has 5 heteroatoms. The van der Waals surface area contributed by atoms with E-state index in [1.807, 2.05) is 0 Å². The first-order chi connectivity index (χ1) is 10.1. The number of imide groups is 1. The number of amides is 3. The lowest BCUT2D eigenvalue weighted by molar-refractivity contribution is -0.136. The lowest BCUT2D eigenvalue weighted by atomic mass is 9.67. The fourth-order valence-corrected chi connectivity index (χ4v) is 4.30. The van der Waals surface area contributed by atoms with Gasteiger partial charge in [-0.25, -0.2) is 4.79 Å². The maximum Gasteiger partial charge on any atom is 0.325 e. The zero-order valence-corrected chi connectivity index (χ0v) is 13.1. The molecule has 1 saturated carbocycles. The molecule has 118 valence electrons. The second-order valence-electron chi connectivity index (χ2n) is 6.91. The van der Waals surface area contributed by atoms with Crippen LogP contribution in [0.2, 0.25) is 0 Å². The van der Waals surface area contributed by atoms with Gasteiger partial charge in [0.25, 0.3) is 5.91 Å². The number of nitrogens with one attached hydrogen (secondary N) is 1. The molecule has 2 heterocycles. The Labute approximate surface area is 126 Å². The van der Waals surface area contributed by atoms with Gasteiger partial charge in [-0.15, -0.1) is 0 Å². The van der Waals surface area contributed by atoms with Crippen LogP contribution in [-0.4, -0.2) is 41.6 Å². The van der Waals surface area contributed by atoms with Crippen LogP contribution in [0.4, 0.5) is 4.79 Å². The van der Waals surface area contributed by atoms with E-state index in [9.17, 15) is 9.59 Å². The van der Waals surface area contributed by atoms with Gasteiger partial charge in [-0.05, 0) is 43.9 Å². The van der Waals surface area contributed by atoms with Gasteiger partial charge < -0.3 is 10.1 Å². The molecular formula is C16H26N2O3. The minimum absolute atomic E-state index is 0.00908. The summed E-state index contributed by atoms with van der Waals surface area (Å²) in [6, 6.07) is -0.210. The summed E-state index contributed by atoms with van der Waals surface area (Å²) in [6.07, 6.45) is 6.26. The Morgan fingerprint density at radius 3 is 2.52 bits per heavy atom. The fourth-order valence-electron chi connectivity index (χ4n) is 4.30. The van der Waals surface area contributed by atoms with Gasteiger partial charge in [0.05, 0.1) is 6.10 Å². The number of rotatable bonds is 3. The van der Waals surface area contributed by atoms with Crippen LogP contribution in [0, 0.1) is 11.8 Å². The zero-order valence-electron chi connectivity index (χ0n) is 13.1. The van der Waals surface area contributed by atoms with Crippen LogP contribution in [0.5, 0.6) is 0 Å². The van der Waals surface area contributed by atoms with E-state index in [-0.39, 0.29) is 29.9 Å². The Morgan fingerprint density at radius 2 is 1.90 bits per heavy atom. The number of ether oxygens (including phenoxy) is 1. The van der Waals surface area contributed by atoms with E-state index in [0.717, 1.165) is 45.1 Å². The van der Waals surface area contributed by atoms with E-state index < -0.39 is 5.54 Å². The molecule has 3 aliphatic rings. The van der Waals surface area contributed by atoms with Gasteiger partial charge in [0.15, 0.2) is 0 Å². The van der Waals surface area contributed by atoms with Crippen molar-refractivity contribution in [3.05, 3.63) is 0 Å². The third kappa shape index (κ3) is 2.35. The van der Waals surface area contributed by atoms with Crippen LogP contribution in [0.25, 0.3) is 0 Å². The average molecular weight is 294 g/mol. The van der Waals surface area contributed by atoms with Gasteiger partial charge in [-0.3, -0.25) is 9.69 Å². The van der Waals surface area contributed by atoms with E-state index in [1.165, 1.54) is 4.90 Å². The molecule has 21 heavy (non-hydrogen) atoms. The largest absolute Gasteiger partial charge is 0.378 e. The molecule has 1 spiro atoms. The molecule has 0 aromatic carbocycles. The SMILES string of the molecule is CC1CCCC(C)C12NC(=O)N(CCC1CCCO1)C2=O. The highest BCUT2D eigenvalue weighted by Gasteiger charge is 2.58. The van der Waals surface area contributed by atoms with Crippen LogP contribution in [0.1, 0.15) is 52.4 Å². The van der Waals surface area contributed by atoms with Crippen molar-refractivity contribution in [1.82, 2.24) is 10.2 Å². The topological polar surface area (TPSA) is 58.6 Å². The molecular weight excluding hydrogens is 268 g/mol. The normalized spacial score (nSPS) is 40.1. The quantitative estimate of drug-likeness (QED) is 0.813. The van der Waals surface area contributed by atoms with Crippen molar-refractivity contribution < 1.29 is 14.3 Å². The first-order valence-electron chi connectivity index (χ1n) is 8.31. The highest BCUT2D eigenvalue weighted by atomic mass is 16.5. The smallest absolute Gasteiger partial charge is 0.325 e. The van der Waals surface area contributed by atoms with Gasteiger partial charge in [-0.1, -0.05) is 20.3 Å². The van der Waals surface area contributed by atoms with Crippen LogP contribution in [0.3, 0.4) is 0 Å². The first-order valence-corrected chi connectivity index (χ1v) is 8.31. The predicted octanol–water partition coefficient (Wildman–Crippen LogP) is 2.30. The van der Waals surface area contributed by atoms with E-state index in [4.69, 9.17) is 4.74 Å². The number of nitrogens with zero attached hydrogens (tertiary/aromatic N) is 1. The number of hydrogen-bond donors (Lipinski definition) is 1. The average Bonchev–Trinajstić information content (AvgIpc) is 3.03. The summed E-state index contributed by atoms with van der Waals surface area (Å²) in [5.74, 6) is 0.418. The monoisotopic (exact) mass is 294 g/mol. The van der Waals surface area contributed by atoms with Crippen molar-refractivity contribution in [2.24, 2.45) is 11.8 Å². The molecule has 0 bridgehead atoms. The number of hydrogen-bond acceptors (Lipinski definition) is 3. The van der Waals surface area contributed by atoms with Crippen LogP contribution >= 0.6 is 0 Å². The summed E-state index contributed by atoms with van der Waals surface area (Å²) in [6.45, 7) is 5.48. The molecule has 1 aliphatic carbocycles. The lowest BCUT2D eigenvalue weighted by Crippen LogP contribution is -2.58. The molecule has 3 rings (SSSR count). The van der Waals surface area contributed by atoms with Crippen molar-refractivity contribution in [3.63, 3.8) is 0 Å². The number of carbonyl (C=O) groups excluding carboxylic acids is 2. The van der Waals surface area contributed by atoms with E-state index >= 15 is 0 Å². The van der Waals surface area contributed by atoms with E-state index in [2.05, 4.69) is 19.2 Å². The molecule has 5 nitrogen and oxygen atoms in total. The second kappa shape index (κ2) is 5.59. The molecule has 0 aromatic heterocycles. The second-order valence-corrected chi connectivity index (χ2v) is 6.91. The van der Waals surface area contributed by atoms with Crippen molar-refractivity contribution in [1.29, 1.82) is 0 Å². The molecule has 2 aliphatic heterocycles. The number of urea groups is 1. The molecule has 3 fully saturated rings. The van der Waals surface area contributed by atoms with E-state index in [0.29, 0.717) is 6.54 Å². The third-order valence-electron chi connectivity index (χ3n) is 5.69. The lowest BCUT2D eigenvalue weighted by Gasteiger charge is -2.42. The summed E-state index contributed by atoms with van der Waals surface area (Å²) < 4.78 is 5.59. The summed E-state index contributed by atoms with van der Waals surface area (Å²) in [4.78, 5) is 26.7. The Kier molecular flexibility index (Phi) is 3.95. The van der Waals surface area contributed by atoms with Crippen molar-refractivity contribution in [3.8, 4) is 0 Å². The van der Waals surface area contributed by atoms with E-state index in [1.54, 1.807) is 0 Å². The van der Waals surface area contributed by atoms with Crippen LogP contribution < -0.4 is 5.32 Å². The van der Waals surface area contributed by atoms with Gasteiger partial charge in [0.1, 0.15) is 5.54 Å². The Morgan fingerprint density at radius 1 is 1.19 bits per heavy atom. The van der Waals surface area contributed by atoms with Gasteiger partial charge in [-0.2, -0.15) is 0 Å². The summed E-state index contributed by atoms with van der Waals surface area (Å²) in [5.41, 5.74) is -0.661. The van der Waals surface area contributed by atoms with Crippen molar-refractivity contribution >= 4 is 11.9 Å². The molecule has 3 unspecified atom stereocenters. The van der Waals surface area contributed by atoms with Crippen LogP contribution in [0.15, 0.2) is 0 Å². The minimum atomic E-state index is -0.661. The predicted molar refractivity (Wildman–Crippen MR) is 78.7 cm³/mol. The minimum Gasteiger partial charge on any atom is -0.378 e. The number of carbonyl (C=O) groups is 2. The van der Waals surface area contributed by atoms with Gasteiger partial charge in [0, 0.05) is 13.2 Å². The summed E-state index contributed by atoms with van der Waals surface area (Å²) in [5, 5.41) is 3.04. The summed E-state index contributed by atoms with van der Waals surface area (Å²) in [7, 11) is 0. The van der Waals surface area contributed by atoms with Crippen molar-refractivity contribution in [2.45, 2.75) is 64.0 Å². The summed E-state index contributed by atoms with van der Waals surface area (Å²) >= 11 is 0. The molecule has 1 N–H and O–H groups in total. The Hall–Kier alpha value is -1.10. The first kappa shape index (κ1) is 14.8. The fraction of sp³-hybridized carbons (Fsp3) is 0.875. The molecule has 0 radical (unpaired) electrons. The van der Waals surface area contributed by atoms with Gasteiger partial charge >= 0.3 is 6.03 Å². The maximum atomic E-state index is 12.9. The molecule has 0 aromatic rings. The molecule has 3 amide bonds. The molecule has 2 saturated heterocycles. The molecule has 3 atom stereocenters. The van der Waals surface area contributed by atoms with Crippen molar-refractivity contribution in [2.75, 3.05) is 13.2 Å². The van der Waals surface area contributed by atoms with Crippen LogP contribution in [-0.2, 0) is 9.53 Å².